The van der Waals surface area contributed by atoms with Gasteiger partial charge in [0, 0.05) is 37.1 Å². The van der Waals surface area contributed by atoms with Crippen LogP contribution >= 0.6 is 0 Å². The summed E-state index contributed by atoms with van der Waals surface area (Å²) in [5.74, 6) is 0.111. The van der Waals surface area contributed by atoms with Crippen molar-refractivity contribution < 1.29 is 28.7 Å². The van der Waals surface area contributed by atoms with E-state index in [-0.39, 0.29) is 48.4 Å². The summed E-state index contributed by atoms with van der Waals surface area (Å²) in [4.78, 5) is 48.8. The summed E-state index contributed by atoms with van der Waals surface area (Å²) in [5.41, 5.74) is 7.11. The van der Waals surface area contributed by atoms with Crippen molar-refractivity contribution in [2.75, 3.05) is 13.2 Å². The first kappa shape index (κ1) is 36.2. The molecule has 10 heteroatoms. The lowest BCUT2D eigenvalue weighted by atomic mass is 9.96. The van der Waals surface area contributed by atoms with E-state index in [0.717, 1.165) is 49.9 Å². The highest BCUT2D eigenvalue weighted by molar-refractivity contribution is 5.88. The number of cyclic esters (lactones) is 2. The van der Waals surface area contributed by atoms with Crippen LogP contribution in [0.4, 0.5) is 0 Å². The molecule has 0 aromatic rings. The minimum atomic E-state index is -0.239. The monoisotopic (exact) mass is 578 g/mol. The van der Waals surface area contributed by atoms with Crippen molar-refractivity contribution >= 4 is 35.2 Å². The maximum Gasteiger partial charge on any atom is 0.305 e. The third kappa shape index (κ3) is 18.3. The van der Waals surface area contributed by atoms with Crippen LogP contribution in [0.5, 0.6) is 0 Å². The van der Waals surface area contributed by atoms with Crippen LogP contribution in [0.25, 0.3) is 0 Å². The van der Waals surface area contributed by atoms with Crippen molar-refractivity contribution in [1.82, 2.24) is 10.9 Å². The van der Waals surface area contributed by atoms with Crippen LogP contribution in [0.2, 0.25) is 0 Å². The Labute approximate surface area is 246 Å². The number of ether oxygens (including phenoxy) is 2. The van der Waals surface area contributed by atoms with Gasteiger partial charge in [-0.1, -0.05) is 41.5 Å². The molecule has 0 unspecified atom stereocenters. The Kier molecular flexibility index (Phi) is 18.6. The summed E-state index contributed by atoms with van der Waals surface area (Å²) in [6.45, 7) is 13.1. The van der Waals surface area contributed by atoms with E-state index < -0.39 is 0 Å². The standard InChI is InChI=1S/C31H54N4O6/c1-22(2)26-16-14-24(5)18-20-40-30(38)12-7-8-13-31(39)41-21-19-25(6)15-17-27(23(3)4)33-35-29(37)11-9-10-28(36)34-32-26/h22-25H,7-21H2,1-6H3,(H,34,36)(H,35,37)/b32-26+,33-27?/t24-,25-/m1/s1. The highest BCUT2D eigenvalue weighted by atomic mass is 16.5. The fraction of sp³-hybridized carbons (Fsp3) is 0.806. The van der Waals surface area contributed by atoms with Gasteiger partial charge in [-0.15, -0.1) is 0 Å². The molecule has 0 fully saturated rings. The molecule has 0 aliphatic carbocycles. The smallest absolute Gasteiger partial charge is 0.305 e. The lowest BCUT2D eigenvalue weighted by molar-refractivity contribution is -0.146. The van der Waals surface area contributed by atoms with Gasteiger partial charge in [-0.25, -0.2) is 10.9 Å². The molecule has 1 rings (SSSR count). The number of amides is 2. The van der Waals surface area contributed by atoms with Crippen molar-refractivity contribution in [1.29, 1.82) is 0 Å². The second-order valence-corrected chi connectivity index (χ2v) is 12.0. The molecular weight excluding hydrogens is 524 g/mol. The molecule has 41 heavy (non-hydrogen) atoms. The molecule has 0 bridgehead atoms. The number of carbonyl (C=O) groups excluding carboxylic acids is 4. The van der Waals surface area contributed by atoms with Crippen molar-refractivity contribution in [2.24, 2.45) is 33.9 Å². The number of nitrogens with one attached hydrogen (secondary N) is 2. The SMILES string of the molecule is CC(C)C1=NNC(=O)CCCC(=O)N/N=C(/C(C)C)CC[C@@H](C)CCOC(=O)CCCCC(=O)OCC[C@H](C)CC1. The molecule has 0 aromatic carbocycles. The molecule has 2 N–H and O–H groups in total. The number of esters is 2. The minimum Gasteiger partial charge on any atom is -0.466 e. The van der Waals surface area contributed by atoms with Crippen LogP contribution < -0.4 is 10.9 Å². The lowest BCUT2D eigenvalue weighted by Gasteiger charge is -2.15. The lowest BCUT2D eigenvalue weighted by Crippen LogP contribution is -2.24. The van der Waals surface area contributed by atoms with Gasteiger partial charge in [-0.2, -0.15) is 10.2 Å². The molecule has 0 spiro atoms. The van der Waals surface area contributed by atoms with Crippen molar-refractivity contribution in [3.63, 3.8) is 0 Å². The Hall–Kier alpha value is -2.78. The summed E-state index contributed by atoms with van der Waals surface area (Å²) in [6.07, 6.45) is 7.28. The number of hydrogen-bond donors (Lipinski definition) is 2. The molecule has 10 nitrogen and oxygen atoms in total. The fourth-order valence-electron chi connectivity index (χ4n) is 4.25. The van der Waals surface area contributed by atoms with Gasteiger partial charge >= 0.3 is 11.9 Å². The third-order valence-electron chi connectivity index (χ3n) is 7.33. The van der Waals surface area contributed by atoms with E-state index >= 15 is 0 Å². The highest BCUT2D eigenvalue weighted by Gasteiger charge is 2.14. The van der Waals surface area contributed by atoms with Gasteiger partial charge in [0.1, 0.15) is 0 Å². The van der Waals surface area contributed by atoms with E-state index in [1.54, 1.807) is 0 Å². The first-order chi connectivity index (χ1) is 19.5. The molecule has 2 amide bonds. The molecule has 1 heterocycles. The second-order valence-electron chi connectivity index (χ2n) is 12.0. The van der Waals surface area contributed by atoms with Crippen LogP contribution in [0, 0.1) is 23.7 Å². The van der Waals surface area contributed by atoms with Crippen LogP contribution in [0.15, 0.2) is 10.2 Å². The van der Waals surface area contributed by atoms with E-state index in [9.17, 15) is 19.2 Å². The summed E-state index contributed by atoms with van der Waals surface area (Å²) < 4.78 is 10.8. The maximum atomic E-state index is 12.3. The largest absolute Gasteiger partial charge is 0.466 e. The summed E-state index contributed by atoms with van der Waals surface area (Å²) in [7, 11) is 0. The zero-order chi connectivity index (χ0) is 30.6. The molecule has 0 aromatic heterocycles. The number of nitrogens with zero attached hydrogens (tertiary/aromatic N) is 2. The van der Waals surface area contributed by atoms with Crippen LogP contribution in [-0.2, 0) is 28.7 Å². The van der Waals surface area contributed by atoms with Gasteiger partial charge in [0.2, 0.25) is 11.8 Å². The minimum absolute atomic E-state index is 0.184. The van der Waals surface area contributed by atoms with Crippen molar-refractivity contribution in [3.05, 3.63) is 0 Å². The summed E-state index contributed by atoms with van der Waals surface area (Å²) >= 11 is 0. The molecule has 0 saturated heterocycles. The van der Waals surface area contributed by atoms with Crippen LogP contribution in [0.3, 0.4) is 0 Å². The second kappa shape index (κ2) is 21.0. The normalized spacial score (nSPS) is 24.9. The highest BCUT2D eigenvalue weighted by Crippen LogP contribution is 2.16. The van der Waals surface area contributed by atoms with Gasteiger partial charge in [-0.05, 0) is 81.5 Å². The summed E-state index contributed by atoms with van der Waals surface area (Å²) in [5, 5.41) is 8.71. The predicted octanol–water partition coefficient (Wildman–Crippen LogP) is 5.69. The van der Waals surface area contributed by atoms with E-state index in [1.165, 1.54) is 0 Å². The van der Waals surface area contributed by atoms with Crippen LogP contribution in [0.1, 0.15) is 125 Å². The number of hydrazone groups is 2. The molecule has 0 radical (unpaired) electrons. The number of hydrogen-bond acceptors (Lipinski definition) is 8. The van der Waals surface area contributed by atoms with Crippen molar-refractivity contribution in [2.45, 2.75) is 125 Å². The zero-order valence-electron chi connectivity index (χ0n) is 26.3. The van der Waals surface area contributed by atoms with Crippen molar-refractivity contribution in [3.8, 4) is 0 Å². The Morgan fingerprint density at radius 2 is 0.976 bits per heavy atom. The Morgan fingerprint density at radius 1 is 0.585 bits per heavy atom. The predicted molar refractivity (Wildman–Crippen MR) is 161 cm³/mol. The van der Waals surface area contributed by atoms with Gasteiger partial charge in [0.15, 0.2) is 0 Å². The Balaban J connectivity index is 2.76. The fourth-order valence-corrected chi connectivity index (χ4v) is 4.25. The van der Waals surface area contributed by atoms with Gasteiger partial charge < -0.3 is 9.47 Å². The van der Waals surface area contributed by atoms with Gasteiger partial charge in [0.05, 0.1) is 13.2 Å². The van der Waals surface area contributed by atoms with Crippen LogP contribution in [-0.4, -0.2) is 48.4 Å². The average molecular weight is 579 g/mol. The first-order valence-electron chi connectivity index (χ1n) is 15.5. The molecule has 2 atom stereocenters. The topological polar surface area (TPSA) is 136 Å². The van der Waals surface area contributed by atoms with E-state index in [0.29, 0.717) is 57.2 Å². The zero-order valence-corrected chi connectivity index (χ0v) is 26.3. The summed E-state index contributed by atoms with van der Waals surface area (Å²) in [6, 6.07) is 0. The average Bonchev–Trinajstić information content (AvgIpc) is 2.90. The molecule has 0 saturated carbocycles. The van der Waals surface area contributed by atoms with E-state index in [1.807, 2.05) is 27.7 Å². The molecule has 234 valence electrons. The maximum absolute atomic E-state index is 12.3. The van der Waals surface area contributed by atoms with Gasteiger partial charge in [0.25, 0.3) is 0 Å². The quantitative estimate of drug-likeness (QED) is 0.404. The number of carbonyl (C=O) groups is 4. The van der Waals surface area contributed by atoms with E-state index in [2.05, 4.69) is 34.9 Å². The molecule has 1 aliphatic heterocycles. The Morgan fingerprint density at radius 3 is 1.34 bits per heavy atom. The van der Waals surface area contributed by atoms with E-state index in [4.69, 9.17) is 9.47 Å². The first-order valence-corrected chi connectivity index (χ1v) is 15.5. The van der Waals surface area contributed by atoms with Gasteiger partial charge in [-0.3, -0.25) is 19.2 Å². The molecular formula is C31H54N4O6. The molecule has 1 aliphatic rings. The number of rotatable bonds is 2. The Bertz CT molecular complexity index is 814. The third-order valence-corrected chi connectivity index (χ3v) is 7.33.